The monoisotopic (exact) mass is 995 g/mol. The quantitative estimate of drug-likeness (QED) is 0.0404. The van der Waals surface area contributed by atoms with E-state index >= 15 is 0 Å². The molecule has 7 fully saturated rings. The maximum atomic E-state index is 12.7. The Bertz CT molecular complexity index is 1770. The predicted molar refractivity (Wildman–Crippen MR) is 238 cm³/mol. The van der Waals surface area contributed by atoms with Gasteiger partial charge in [-0.1, -0.05) is 46.8 Å². The normalized spacial score (nSPS) is 52.2. The van der Waals surface area contributed by atoms with E-state index in [2.05, 4.69) is 25.7 Å². The minimum absolute atomic E-state index is 0.124. The highest BCUT2D eigenvalue weighted by Gasteiger charge is 2.73. The standard InChI is InChI=1S/C48H82O21/c1-43(2,69-62)12-9-13-48(8,68-41-37(61)34(58)31(55)25(19-50)64-41)21-10-14-47(7)29(21)22(52)16-28-45(5)17-23(53)39(44(3,4)27(45)11-15-46(28,47)6)67-42-38(35(59)32(56)26(20-51)65-42)66-40-36(60)33(57)30(54)24(18-49)63-40/h9,12,21-42,49-62H,10-11,13-20H2,1-8H3/b12-9+/t21-,22+,23+,24+,25+,26+,27-,28+,29-,30+,31+,32+,33-,34-,35-,36+,37+,38+,39-,40-,41-,42-,45-,46+,47+,48-/m0/s1. The van der Waals surface area contributed by atoms with E-state index < -0.39 is 163 Å². The predicted octanol–water partition coefficient (Wildman–Crippen LogP) is -1.59. The first-order valence-electron chi connectivity index (χ1n) is 24.7. The topological polar surface area (TPSA) is 348 Å². The van der Waals surface area contributed by atoms with Gasteiger partial charge in [0.25, 0.3) is 0 Å². The van der Waals surface area contributed by atoms with Crippen molar-refractivity contribution in [2.75, 3.05) is 19.8 Å². The summed E-state index contributed by atoms with van der Waals surface area (Å²) in [6, 6.07) is 0. The highest BCUT2D eigenvalue weighted by molar-refractivity contribution is 5.21. The summed E-state index contributed by atoms with van der Waals surface area (Å²) in [5.41, 5.74) is -4.57. The molecule has 0 radical (unpaired) electrons. The lowest BCUT2D eigenvalue weighted by atomic mass is 9.35. The van der Waals surface area contributed by atoms with Crippen molar-refractivity contribution in [1.82, 2.24) is 0 Å². The zero-order chi connectivity index (χ0) is 51.1. The molecule has 0 unspecified atom stereocenters. The molecule has 4 saturated carbocycles. The summed E-state index contributed by atoms with van der Waals surface area (Å²) in [5.74, 6) is -0.960. The van der Waals surface area contributed by atoms with Crippen LogP contribution in [0.15, 0.2) is 12.2 Å². The Labute approximate surface area is 403 Å². The molecule has 0 aromatic carbocycles. The largest absolute Gasteiger partial charge is 0.394 e. The van der Waals surface area contributed by atoms with Crippen LogP contribution in [0.1, 0.15) is 100 Å². The first-order chi connectivity index (χ1) is 32.1. The van der Waals surface area contributed by atoms with E-state index in [0.717, 1.165) is 6.42 Å². The molecule has 21 heteroatoms. The van der Waals surface area contributed by atoms with Gasteiger partial charge in [0.15, 0.2) is 18.9 Å². The Balaban J connectivity index is 1.16. The van der Waals surface area contributed by atoms with Crippen molar-refractivity contribution in [3.63, 3.8) is 0 Å². The fourth-order valence-corrected chi connectivity index (χ4v) is 14.9. The Morgan fingerprint density at radius 1 is 0.594 bits per heavy atom. The Morgan fingerprint density at radius 3 is 1.68 bits per heavy atom. The number of hydrogen-bond donors (Lipinski definition) is 14. The van der Waals surface area contributed by atoms with E-state index in [-0.39, 0.29) is 36.5 Å². The zero-order valence-electron chi connectivity index (χ0n) is 41.0. The summed E-state index contributed by atoms with van der Waals surface area (Å²) >= 11 is 0. The molecule has 69 heavy (non-hydrogen) atoms. The van der Waals surface area contributed by atoms with Gasteiger partial charge in [0.1, 0.15) is 78.8 Å². The number of aliphatic hydroxyl groups excluding tert-OH is 13. The lowest BCUT2D eigenvalue weighted by molar-refractivity contribution is -0.383. The molecule has 26 atom stereocenters. The smallest absolute Gasteiger partial charge is 0.187 e. The van der Waals surface area contributed by atoms with E-state index in [4.69, 9.17) is 28.4 Å². The Kier molecular flexibility index (Phi) is 16.3. The Morgan fingerprint density at radius 2 is 1.12 bits per heavy atom. The summed E-state index contributed by atoms with van der Waals surface area (Å²) < 4.78 is 36.8. The second-order valence-electron chi connectivity index (χ2n) is 23.5. The number of hydrogen-bond acceptors (Lipinski definition) is 21. The van der Waals surface area contributed by atoms with Gasteiger partial charge in [-0.2, -0.15) is 0 Å². The molecule has 3 aliphatic heterocycles. The van der Waals surface area contributed by atoms with Gasteiger partial charge in [-0.05, 0) is 111 Å². The van der Waals surface area contributed by atoms with Crippen molar-refractivity contribution in [2.45, 2.75) is 222 Å². The molecule has 0 spiro atoms. The zero-order valence-corrected chi connectivity index (χ0v) is 41.0. The lowest BCUT2D eigenvalue weighted by Gasteiger charge is -2.71. The Hall–Kier alpha value is -1.10. The molecule has 3 saturated heterocycles. The number of ether oxygens (including phenoxy) is 6. The first kappa shape index (κ1) is 55.6. The van der Waals surface area contributed by atoms with E-state index in [1.807, 2.05) is 20.8 Å². The van der Waals surface area contributed by atoms with Crippen LogP contribution in [0, 0.1) is 45.3 Å². The van der Waals surface area contributed by atoms with Gasteiger partial charge >= 0.3 is 0 Å². The van der Waals surface area contributed by atoms with Crippen molar-refractivity contribution >= 4 is 0 Å². The average molecular weight is 995 g/mol. The van der Waals surface area contributed by atoms with Crippen molar-refractivity contribution < 1.29 is 105 Å². The van der Waals surface area contributed by atoms with Crippen LogP contribution in [0.25, 0.3) is 0 Å². The second kappa shape index (κ2) is 20.2. The third-order valence-corrected chi connectivity index (χ3v) is 18.8. The second-order valence-corrected chi connectivity index (χ2v) is 23.5. The number of fused-ring (bicyclic) bond motifs is 5. The van der Waals surface area contributed by atoms with Crippen LogP contribution in [0.4, 0.5) is 0 Å². The van der Waals surface area contributed by atoms with Gasteiger partial charge in [0, 0.05) is 0 Å². The molecule has 0 aromatic rings. The molecule has 4 aliphatic carbocycles. The SMILES string of the molecule is CC(C)(/C=C/C[C@](C)(O[C@@H]1O[C@H](CO)[C@@H](O)[C@H](O)[C@H]1O)[C@H]1CC[C@]2(C)[C@@H]1[C@H](O)C[C@@H]1[C@@]3(C)C[C@@H](O)[C@H](O[C@@H]4O[C@H](CO)[C@@H](O)[C@H](O)[C@H]4O[C@@H]4O[C@H](CO)[C@@H](O)[C@H](O)[C@H]4O)C(C)(C)[C@@H]3CC[C@]12C)OO. The van der Waals surface area contributed by atoms with Crippen LogP contribution in [-0.4, -0.2) is 213 Å². The van der Waals surface area contributed by atoms with Crippen molar-refractivity contribution in [2.24, 2.45) is 45.3 Å². The van der Waals surface area contributed by atoms with Gasteiger partial charge in [-0.3, -0.25) is 5.26 Å². The molecule has 14 N–H and O–H groups in total. The molecule has 0 amide bonds. The molecule has 21 nitrogen and oxygen atoms in total. The average Bonchev–Trinajstić information content (AvgIpc) is 3.68. The molecule has 400 valence electrons. The van der Waals surface area contributed by atoms with Crippen molar-refractivity contribution in [3.8, 4) is 0 Å². The molecule has 0 bridgehead atoms. The molecule has 7 rings (SSSR count). The highest BCUT2D eigenvalue weighted by atomic mass is 17.1. The fourth-order valence-electron chi connectivity index (χ4n) is 14.9. The fraction of sp³-hybridized carbons (Fsp3) is 0.958. The summed E-state index contributed by atoms with van der Waals surface area (Å²) in [6.45, 7) is 13.7. The van der Waals surface area contributed by atoms with Crippen LogP contribution in [-0.2, 0) is 33.3 Å². The first-order valence-corrected chi connectivity index (χ1v) is 24.7. The lowest BCUT2D eigenvalue weighted by Crippen LogP contribution is -2.70. The van der Waals surface area contributed by atoms with E-state index in [1.165, 1.54) is 0 Å². The third kappa shape index (κ3) is 9.43. The van der Waals surface area contributed by atoms with E-state index in [9.17, 15) is 71.6 Å². The van der Waals surface area contributed by atoms with Gasteiger partial charge in [-0.25, -0.2) is 4.89 Å². The minimum atomic E-state index is -1.86. The van der Waals surface area contributed by atoms with Crippen molar-refractivity contribution in [3.05, 3.63) is 12.2 Å². The van der Waals surface area contributed by atoms with Crippen molar-refractivity contribution in [1.29, 1.82) is 0 Å². The van der Waals surface area contributed by atoms with Crippen LogP contribution < -0.4 is 0 Å². The van der Waals surface area contributed by atoms with E-state index in [0.29, 0.717) is 25.7 Å². The number of rotatable bonds is 14. The molecular formula is C48H82O21. The highest BCUT2D eigenvalue weighted by Crippen LogP contribution is 2.76. The summed E-state index contributed by atoms with van der Waals surface area (Å²) in [6.07, 6.45) is -20.2. The van der Waals surface area contributed by atoms with Gasteiger partial charge in [0.2, 0.25) is 0 Å². The molecule has 0 aromatic heterocycles. The van der Waals surface area contributed by atoms with Gasteiger partial charge in [0.05, 0.1) is 43.7 Å². The summed E-state index contributed by atoms with van der Waals surface area (Å²) in [5, 5.41) is 151. The van der Waals surface area contributed by atoms with E-state index in [1.54, 1.807) is 26.0 Å². The van der Waals surface area contributed by atoms with Gasteiger partial charge in [-0.15, -0.1) is 0 Å². The molecule has 3 heterocycles. The summed E-state index contributed by atoms with van der Waals surface area (Å²) in [7, 11) is 0. The van der Waals surface area contributed by atoms with Crippen LogP contribution in [0.2, 0.25) is 0 Å². The van der Waals surface area contributed by atoms with Gasteiger partial charge < -0.3 is 94.8 Å². The minimum Gasteiger partial charge on any atom is -0.394 e. The third-order valence-electron chi connectivity index (χ3n) is 18.8. The van der Waals surface area contributed by atoms with Crippen LogP contribution in [0.3, 0.4) is 0 Å². The van der Waals surface area contributed by atoms with Crippen LogP contribution in [0.5, 0.6) is 0 Å². The number of aliphatic hydroxyl groups is 13. The maximum Gasteiger partial charge on any atom is 0.187 e. The molecule has 7 aliphatic rings. The summed E-state index contributed by atoms with van der Waals surface area (Å²) in [4.78, 5) is 4.66. The maximum absolute atomic E-state index is 12.7. The molecular weight excluding hydrogens is 913 g/mol. The van der Waals surface area contributed by atoms with Crippen LogP contribution >= 0.6 is 0 Å².